The van der Waals surface area contributed by atoms with Crippen LogP contribution in [0.2, 0.25) is 0 Å². The fraction of sp³-hybridized carbons (Fsp3) is 0.815. The molecule has 0 saturated heterocycles. The molecule has 0 aliphatic carbocycles. The van der Waals surface area contributed by atoms with Gasteiger partial charge in [0, 0.05) is 0 Å². The first-order valence-electron chi connectivity index (χ1n) is 13.5. The molecule has 7 heteroatoms. The van der Waals surface area contributed by atoms with Crippen LogP contribution in [0.3, 0.4) is 0 Å². The van der Waals surface area contributed by atoms with E-state index in [4.69, 9.17) is 15.3 Å². The van der Waals surface area contributed by atoms with Crippen molar-refractivity contribution in [3.63, 3.8) is 0 Å². The number of allylic oxidation sites excluding steroid dienone is 1. The minimum atomic E-state index is -1.22. The van der Waals surface area contributed by atoms with Crippen molar-refractivity contribution in [1.82, 2.24) is 0 Å². The smallest absolute Gasteiger partial charge is 0.359 e. The second-order valence-electron chi connectivity index (χ2n) is 9.70. The summed E-state index contributed by atoms with van der Waals surface area (Å²) in [6.07, 6.45) is 26.0. The number of unbranched alkanes of at least 4 members (excludes halogenated alkanes) is 17. The van der Waals surface area contributed by atoms with Gasteiger partial charge in [0.15, 0.2) is 19.6 Å². The van der Waals surface area contributed by atoms with Gasteiger partial charge >= 0.3 is 17.9 Å². The third-order valence-electron chi connectivity index (χ3n) is 6.25. The Hall–Kier alpha value is -1.89. The number of carboxylic acids is 3. The molecule has 0 unspecified atom stereocenters. The number of hydrogen-bond donors (Lipinski definition) is 3. The van der Waals surface area contributed by atoms with Gasteiger partial charge in [0.25, 0.3) is 0 Å². The Morgan fingerprint density at radius 2 is 0.824 bits per heavy atom. The number of nitrogens with zero attached hydrogens (tertiary/aromatic N) is 1. The molecular formula is C27H50NO6+. The van der Waals surface area contributed by atoms with Gasteiger partial charge in [-0.15, -0.1) is 0 Å². The number of rotatable bonds is 25. The Morgan fingerprint density at radius 1 is 0.529 bits per heavy atom. The predicted molar refractivity (Wildman–Crippen MR) is 136 cm³/mol. The van der Waals surface area contributed by atoms with Crippen LogP contribution < -0.4 is 0 Å². The van der Waals surface area contributed by atoms with Gasteiger partial charge in [0.1, 0.15) is 0 Å². The first kappa shape index (κ1) is 32.1. The quantitative estimate of drug-likeness (QED) is 0.0992. The summed E-state index contributed by atoms with van der Waals surface area (Å²) in [5.41, 5.74) is 0. The maximum atomic E-state index is 11.1. The maximum absolute atomic E-state index is 11.1. The molecule has 0 aromatic heterocycles. The van der Waals surface area contributed by atoms with E-state index in [1.807, 2.05) is 0 Å². The van der Waals surface area contributed by atoms with Crippen LogP contribution in [0.4, 0.5) is 0 Å². The van der Waals surface area contributed by atoms with E-state index in [0.717, 1.165) is 19.3 Å². The molecule has 0 aromatic rings. The minimum absolute atomic E-state index is 0.561. The van der Waals surface area contributed by atoms with Crippen LogP contribution in [-0.4, -0.2) is 57.3 Å². The molecule has 0 heterocycles. The zero-order valence-corrected chi connectivity index (χ0v) is 21.5. The van der Waals surface area contributed by atoms with E-state index in [1.165, 1.54) is 96.1 Å². The van der Waals surface area contributed by atoms with E-state index in [2.05, 4.69) is 6.92 Å². The lowest BCUT2D eigenvalue weighted by Crippen LogP contribution is -2.52. The molecule has 0 rings (SSSR count). The molecule has 0 aromatic carbocycles. The molecule has 3 N–H and O–H groups in total. The van der Waals surface area contributed by atoms with E-state index in [9.17, 15) is 14.4 Å². The molecule has 0 spiro atoms. The Labute approximate surface area is 206 Å². The Balaban J connectivity index is 3.80. The Bertz CT molecular complexity index is 535. The van der Waals surface area contributed by atoms with Crippen LogP contribution >= 0.6 is 0 Å². The van der Waals surface area contributed by atoms with Gasteiger partial charge in [-0.2, -0.15) is 0 Å². The summed E-state index contributed by atoms with van der Waals surface area (Å²) in [5, 5.41) is 27.3. The summed E-state index contributed by atoms with van der Waals surface area (Å²) < 4.78 is -0.612. The van der Waals surface area contributed by atoms with Gasteiger partial charge < -0.3 is 15.3 Å². The second kappa shape index (κ2) is 21.6. The lowest BCUT2D eigenvalue weighted by atomic mass is 10.0. The van der Waals surface area contributed by atoms with Crippen molar-refractivity contribution >= 4 is 17.9 Å². The molecule has 0 atom stereocenters. The molecule has 0 aliphatic heterocycles. The zero-order valence-electron chi connectivity index (χ0n) is 21.5. The SMILES string of the molecule is CCCCCCCCCCCCCCCCCCC/C=C/[N+](CC(=O)O)(CC(=O)O)CC(=O)O. The molecule has 0 aliphatic rings. The zero-order chi connectivity index (χ0) is 25.5. The highest BCUT2D eigenvalue weighted by Gasteiger charge is 2.34. The minimum Gasteiger partial charge on any atom is -0.477 e. The lowest BCUT2D eigenvalue weighted by Gasteiger charge is -2.29. The summed E-state index contributed by atoms with van der Waals surface area (Å²) in [4.78, 5) is 33.4. The Kier molecular flexibility index (Phi) is 20.4. The van der Waals surface area contributed by atoms with Crippen molar-refractivity contribution < 1.29 is 34.2 Å². The first-order chi connectivity index (χ1) is 16.3. The average Bonchev–Trinajstić information content (AvgIpc) is 2.73. The summed E-state index contributed by atoms with van der Waals surface area (Å²) in [7, 11) is 0. The molecule has 0 radical (unpaired) electrons. The summed E-state index contributed by atoms with van der Waals surface area (Å²) in [5.74, 6) is -3.65. The lowest BCUT2D eigenvalue weighted by molar-refractivity contribution is -0.857. The van der Waals surface area contributed by atoms with E-state index >= 15 is 0 Å². The highest BCUT2D eigenvalue weighted by Crippen LogP contribution is 2.15. The van der Waals surface area contributed by atoms with Crippen LogP contribution in [0, 0.1) is 0 Å². The predicted octanol–water partition coefficient (Wildman–Crippen LogP) is 6.61. The molecule has 0 bridgehead atoms. The summed E-state index contributed by atoms with van der Waals surface area (Å²) in [6, 6.07) is 0. The van der Waals surface area contributed by atoms with Crippen LogP contribution in [0.1, 0.15) is 122 Å². The van der Waals surface area contributed by atoms with Crippen molar-refractivity contribution in [2.45, 2.75) is 122 Å². The van der Waals surface area contributed by atoms with E-state index in [1.54, 1.807) is 6.08 Å². The van der Waals surface area contributed by atoms with Crippen LogP contribution in [0.25, 0.3) is 0 Å². The van der Waals surface area contributed by atoms with Gasteiger partial charge in [-0.3, -0.25) is 4.48 Å². The molecule has 34 heavy (non-hydrogen) atoms. The third-order valence-corrected chi connectivity index (χ3v) is 6.25. The maximum Gasteiger partial charge on any atom is 0.359 e. The first-order valence-corrected chi connectivity index (χ1v) is 13.5. The van der Waals surface area contributed by atoms with Gasteiger partial charge in [0.05, 0.1) is 6.20 Å². The van der Waals surface area contributed by atoms with Crippen molar-refractivity contribution in [2.24, 2.45) is 0 Å². The van der Waals surface area contributed by atoms with Gasteiger partial charge in [-0.25, -0.2) is 14.4 Å². The molecule has 0 amide bonds. The fourth-order valence-corrected chi connectivity index (χ4v) is 4.42. The normalized spacial score (nSPS) is 11.8. The largest absolute Gasteiger partial charge is 0.477 e. The summed E-state index contributed by atoms with van der Waals surface area (Å²) in [6.45, 7) is 0.575. The average molecular weight is 485 g/mol. The van der Waals surface area contributed by atoms with E-state index in [-0.39, 0.29) is 0 Å². The van der Waals surface area contributed by atoms with Crippen molar-refractivity contribution in [3.05, 3.63) is 12.3 Å². The number of quaternary nitrogens is 1. The van der Waals surface area contributed by atoms with Crippen molar-refractivity contribution in [3.8, 4) is 0 Å². The summed E-state index contributed by atoms with van der Waals surface area (Å²) >= 11 is 0. The van der Waals surface area contributed by atoms with E-state index < -0.39 is 42.0 Å². The highest BCUT2D eigenvalue weighted by atomic mass is 16.4. The monoisotopic (exact) mass is 484 g/mol. The van der Waals surface area contributed by atoms with Gasteiger partial charge in [-0.1, -0.05) is 110 Å². The third kappa shape index (κ3) is 20.7. The Morgan fingerprint density at radius 3 is 1.12 bits per heavy atom. The number of hydrogen-bond acceptors (Lipinski definition) is 3. The highest BCUT2D eigenvalue weighted by molar-refractivity contribution is 5.73. The van der Waals surface area contributed by atoms with Gasteiger partial charge in [0.2, 0.25) is 0 Å². The number of aliphatic carboxylic acids is 3. The van der Waals surface area contributed by atoms with Crippen molar-refractivity contribution in [2.75, 3.05) is 19.6 Å². The van der Waals surface area contributed by atoms with Crippen LogP contribution in [0.5, 0.6) is 0 Å². The second-order valence-corrected chi connectivity index (χ2v) is 9.70. The number of carboxylic acid groups (broad SMARTS) is 3. The topological polar surface area (TPSA) is 112 Å². The van der Waals surface area contributed by atoms with Crippen molar-refractivity contribution in [1.29, 1.82) is 0 Å². The fourth-order valence-electron chi connectivity index (χ4n) is 4.42. The molecule has 7 nitrogen and oxygen atoms in total. The molecule has 0 saturated carbocycles. The molecular weight excluding hydrogens is 434 g/mol. The van der Waals surface area contributed by atoms with Crippen LogP contribution in [0.15, 0.2) is 12.3 Å². The molecule has 198 valence electrons. The number of carbonyl (C=O) groups is 3. The molecule has 0 fully saturated rings. The van der Waals surface area contributed by atoms with Gasteiger partial charge in [-0.05, 0) is 18.9 Å². The standard InChI is InChI=1S/C27H49NO6/c1-2-3-4-5-6-7-8-9-10-11-12-13-14-15-16-17-18-19-20-21-28(22-25(29)30,23-26(31)32)24-27(33)34/h20-21H,2-19,22-24H2,1H3,(H2-,29,30,31,32,33,34)/p+1/b21-20+. The van der Waals surface area contributed by atoms with E-state index in [0.29, 0.717) is 6.42 Å². The van der Waals surface area contributed by atoms with Crippen LogP contribution in [-0.2, 0) is 14.4 Å².